The zero-order chi connectivity index (χ0) is 19.7. The van der Waals surface area contributed by atoms with E-state index in [9.17, 15) is 14.0 Å². The van der Waals surface area contributed by atoms with Crippen LogP contribution in [0.25, 0.3) is 0 Å². The fourth-order valence-corrected chi connectivity index (χ4v) is 3.83. The molecule has 1 unspecified atom stereocenters. The maximum Gasteiger partial charge on any atom is 0.229 e. The topological polar surface area (TPSA) is 70.7 Å². The average molecular weight is 383 g/mol. The summed E-state index contributed by atoms with van der Waals surface area (Å²) in [5.41, 5.74) is 2.38. The molecule has 2 N–H and O–H groups in total. The van der Waals surface area contributed by atoms with E-state index in [1.54, 1.807) is 23.1 Å². The van der Waals surface area contributed by atoms with Gasteiger partial charge in [-0.1, -0.05) is 18.2 Å². The summed E-state index contributed by atoms with van der Waals surface area (Å²) in [5, 5.41) is 5.88. The van der Waals surface area contributed by atoms with Gasteiger partial charge >= 0.3 is 0 Å². The number of hydrogen-bond acceptors (Lipinski definition) is 4. The minimum absolute atomic E-state index is 0.0837. The number of rotatable bonds is 4. The molecule has 2 aromatic carbocycles. The lowest BCUT2D eigenvalue weighted by atomic mass is 9.99. The zero-order valence-electron chi connectivity index (χ0n) is 15.6. The van der Waals surface area contributed by atoms with Gasteiger partial charge in [0, 0.05) is 19.5 Å². The van der Waals surface area contributed by atoms with Crippen LogP contribution in [-0.4, -0.2) is 32.0 Å². The van der Waals surface area contributed by atoms with E-state index in [1.165, 1.54) is 7.11 Å². The van der Waals surface area contributed by atoms with E-state index in [1.807, 2.05) is 18.2 Å². The summed E-state index contributed by atoms with van der Waals surface area (Å²) in [7, 11) is 1.54. The fraction of sp³-hybridized carbons (Fsp3) is 0.333. The molecule has 2 aliphatic rings. The lowest BCUT2D eigenvalue weighted by molar-refractivity contribution is -0.122. The molecule has 1 atom stereocenters. The molecule has 146 valence electrons. The highest BCUT2D eigenvalue weighted by Crippen LogP contribution is 2.33. The molecule has 4 rings (SSSR count). The van der Waals surface area contributed by atoms with Gasteiger partial charge in [0.25, 0.3) is 0 Å². The van der Waals surface area contributed by atoms with Gasteiger partial charge < -0.3 is 20.3 Å². The lowest BCUT2D eigenvalue weighted by Gasteiger charge is -2.21. The van der Waals surface area contributed by atoms with E-state index in [-0.39, 0.29) is 36.3 Å². The van der Waals surface area contributed by atoms with Crippen molar-refractivity contribution >= 4 is 23.2 Å². The van der Waals surface area contributed by atoms with Crippen LogP contribution in [0.4, 0.5) is 15.8 Å². The van der Waals surface area contributed by atoms with Gasteiger partial charge in [-0.15, -0.1) is 0 Å². The van der Waals surface area contributed by atoms with Crippen molar-refractivity contribution in [2.24, 2.45) is 5.92 Å². The summed E-state index contributed by atoms with van der Waals surface area (Å²) < 4.78 is 20.1. The maximum absolute atomic E-state index is 14.8. The molecule has 1 saturated heterocycles. The molecule has 6 nitrogen and oxygen atoms in total. The van der Waals surface area contributed by atoms with Gasteiger partial charge in [0.05, 0.1) is 24.4 Å². The van der Waals surface area contributed by atoms with E-state index in [4.69, 9.17) is 4.74 Å². The molecule has 1 fully saturated rings. The maximum atomic E-state index is 14.8. The van der Waals surface area contributed by atoms with Gasteiger partial charge in [0.15, 0.2) is 0 Å². The quantitative estimate of drug-likeness (QED) is 0.851. The standard InChI is InChI=1S/C21H22FN3O3/c1-28-18-5-3-2-4-17(18)25-12-14(10-19(25)26)21(27)24-16-7-6-13-11-23-9-8-15(13)20(16)22/h2-7,14,23H,8-12H2,1H3,(H,24,27). The summed E-state index contributed by atoms with van der Waals surface area (Å²) >= 11 is 0. The molecule has 2 amide bonds. The summed E-state index contributed by atoms with van der Waals surface area (Å²) in [6, 6.07) is 10.6. The number of hydrogen-bond donors (Lipinski definition) is 2. The summed E-state index contributed by atoms with van der Waals surface area (Å²) in [6.45, 7) is 1.58. The number of ether oxygens (including phenoxy) is 1. The van der Waals surface area contributed by atoms with Crippen molar-refractivity contribution in [3.8, 4) is 5.75 Å². The Morgan fingerprint density at radius 2 is 2.11 bits per heavy atom. The highest BCUT2D eigenvalue weighted by Gasteiger charge is 2.36. The van der Waals surface area contributed by atoms with Crippen LogP contribution in [0.2, 0.25) is 0 Å². The van der Waals surface area contributed by atoms with Crippen molar-refractivity contribution in [2.45, 2.75) is 19.4 Å². The van der Waals surface area contributed by atoms with Gasteiger partial charge in [0.1, 0.15) is 11.6 Å². The van der Waals surface area contributed by atoms with E-state index >= 15 is 0 Å². The molecule has 0 spiro atoms. The minimum Gasteiger partial charge on any atom is -0.495 e. The van der Waals surface area contributed by atoms with Crippen LogP contribution in [0.5, 0.6) is 5.75 Å². The Balaban J connectivity index is 1.50. The van der Waals surface area contributed by atoms with Crippen molar-refractivity contribution in [2.75, 3.05) is 30.4 Å². The molecule has 2 aromatic rings. The predicted molar refractivity (Wildman–Crippen MR) is 104 cm³/mol. The normalized spacial score (nSPS) is 18.7. The Hall–Kier alpha value is -2.93. The van der Waals surface area contributed by atoms with Crippen molar-refractivity contribution in [3.05, 3.63) is 53.3 Å². The number of methoxy groups -OCH3 is 1. The number of nitrogens with zero attached hydrogens (tertiary/aromatic N) is 1. The van der Waals surface area contributed by atoms with E-state index in [2.05, 4.69) is 10.6 Å². The van der Waals surface area contributed by atoms with Crippen molar-refractivity contribution in [1.29, 1.82) is 0 Å². The Bertz CT molecular complexity index is 931. The van der Waals surface area contributed by atoms with Crippen molar-refractivity contribution in [1.82, 2.24) is 5.32 Å². The number of nitrogens with one attached hydrogen (secondary N) is 2. The molecule has 2 heterocycles. The van der Waals surface area contributed by atoms with E-state index < -0.39 is 5.92 Å². The lowest BCUT2D eigenvalue weighted by Crippen LogP contribution is -2.29. The van der Waals surface area contributed by atoms with Crippen molar-refractivity contribution in [3.63, 3.8) is 0 Å². The molecule has 7 heteroatoms. The van der Waals surface area contributed by atoms with Crippen LogP contribution in [0.3, 0.4) is 0 Å². The monoisotopic (exact) mass is 383 g/mol. The first-order chi connectivity index (χ1) is 13.6. The third-order valence-corrected chi connectivity index (χ3v) is 5.34. The number of halogens is 1. The highest BCUT2D eigenvalue weighted by atomic mass is 19.1. The second kappa shape index (κ2) is 7.59. The van der Waals surface area contributed by atoms with Gasteiger partial charge in [0.2, 0.25) is 11.8 Å². The molecule has 0 saturated carbocycles. The van der Waals surface area contributed by atoms with Gasteiger partial charge in [-0.2, -0.15) is 0 Å². The van der Waals surface area contributed by atoms with Crippen LogP contribution in [0.1, 0.15) is 17.5 Å². The van der Waals surface area contributed by atoms with Gasteiger partial charge in [-0.3, -0.25) is 9.59 Å². The Labute approximate surface area is 162 Å². The number of para-hydroxylation sites is 2. The average Bonchev–Trinajstić information content (AvgIpc) is 3.12. The van der Waals surface area contributed by atoms with Crippen molar-refractivity contribution < 1.29 is 18.7 Å². The second-order valence-corrected chi connectivity index (χ2v) is 7.06. The first-order valence-electron chi connectivity index (χ1n) is 9.33. The smallest absolute Gasteiger partial charge is 0.229 e. The number of carbonyl (C=O) groups excluding carboxylic acids is 2. The SMILES string of the molecule is COc1ccccc1N1CC(C(=O)Nc2ccc3c(c2F)CCNC3)CC1=O. The van der Waals surface area contributed by atoms with Crippen LogP contribution >= 0.6 is 0 Å². The van der Waals surface area contributed by atoms with Crippen LogP contribution in [-0.2, 0) is 22.6 Å². The molecule has 0 bridgehead atoms. The first kappa shape index (κ1) is 18.4. The largest absolute Gasteiger partial charge is 0.495 e. The molecular formula is C21H22FN3O3. The van der Waals surface area contributed by atoms with Crippen LogP contribution in [0, 0.1) is 11.7 Å². The molecule has 0 radical (unpaired) electrons. The minimum atomic E-state index is -0.547. The summed E-state index contributed by atoms with van der Waals surface area (Å²) in [5.74, 6) is -0.848. The Kier molecular flexibility index (Phi) is 5.00. The zero-order valence-corrected chi connectivity index (χ0v) is 15.6. The van der Waals surface area contributed by atoms with Gasteiger partial charge in [-0.05, 0) is 42.3 Å². The number of fused-ring (bicyclic) bond motifs is 1. The van der Waals surface area contributed by atoms with Gasteiger partial charge in [-0.25, -0.2) is 4.39 Å². The van der Waals surface area contributed by atoms with E-state index in [0.29, 0.717) is 36.5 Å². The highest BCUT2D eigenvalue weighted by molar-refractivity contribution is 6.04. The number of carbonyl (C=O) groups is 2. The molecule has 2 aliphatic heterocycles. The summed E-state index contributed by atoms with van der Waals surface area (Å²) in [6.07, 6.45) is 0.675. The molecular weight excluding hydrogens is 361 g/mol. The van der Waals surface area contributed by atoms with E-state index in [0.717, 1.165) is 5.56 Å². The fourth-order valence-electron chi connectivity index (χ4n) is 3.83. The number of benzene rings is 2. The molecule has 0 aliphatic carbocycles. The molecule has 0 aromatic heterocycles. The number of anilines is 2. The molecule has 28 heavy (non-hydrogen) atoms. The second-order valence-electron chi connectivity index (χ2n) is 7.06. The third-order valence-electron chi connectivity index (χ3n) is 5.34. The first-order valence-corrected chi connectivity index (χ1v) is 9.33. The Morgan fingerprint density at radius 3 is 2.93 bits per heavy atom. The number of amides is 2. The van der Waals surface area contributed by atoms with Crippen LogP contribution in [0.15, 0.2) is 36.4 Å². The Morgan fingerprint density at radius 1 is 1.29 bits per heavy atom. The van der Waals surface area contributed by atoms with Crippen LogP contribution < -0.4 is 20.3 Å². The third kappa shape index (κ3) is 3.33. The summed E-state index contributed by atoms with van der Waals surface area (Å²) in [4.78, 5) is 26.7. The predicted octanol–water partition coefficient (Wildman–Crippen LogP) is 2.47.